The van der Waals surface area contributed by atoms with Crippen LogP contribution >= 0.6 is 0 Å². The maximum absolute atomic E-state index is 11.6. The number of nitrogens with one attached hydrogen (secondary N) is 1. The molecule has 0 aromatic heterocycles. The van der Waals surface area contributed by atoms with E-state index in [9.17, 15) is 4.79 Å². The van der Waals surface area contributed by atoms with Crippen LogP contribution in [0.5, 0.6) is 0 Å². The highest BCUT2D eigenvalue weighted by atomic mass is 16.5. The summed E-state index contributed by atoms with van der Waals surface area (Å²) in [6.45, 7) is 10.0. The van der Waals surface area contributed by atoms with Crippen molar-refractivity contribution in [2.75, 3.05) is 39.4 Å². The third kappa shape index (κ3) is 6.20. The van der Waals surface area contributed by atoms with Crippen molar-refractivity contribution < 1.29 is 14.6 Å². The first-order valence-corrected chi connectivity index (χ1v) is 7.79. The summed E-state index contributed by atoms with van der Waals surface area (Å²) in [4.78, 5) is 13.8. The highest BCUT2D eigenvalue weighted by Crippen LogP contribution is 2.23. The second kappa shape index (κ2) is 9.32. The molecule has 0 bridgehead atoms. The Morgan fingerprint density at radius 2 is 2.20 bits per heavy atom. The number of carbonyl (C=O) groups excluding carboxylic acids is 1. The van der Waals surface area contributed by atoms with E-state index in [0.29, 0.717) is 31.0 Å². The van der Waals surface area contributed by atoms with Crippen LogP contribution in [0.4, 0.5) is 0 Å². The summed E-state index contributed by atoms with van der Waals surface area (Å²) in [6, 6.07) is 0.400. The van der Waals surface area contributed by atoms with Crippen molar-refractivity contribution in [3.8, 4) is 0 Å². The van der Waals surface area contributed by atoms with Crippen molar-refractivity contribution in [3.63, 3.8) is 0 Å². The monoisotopic (exact) mass is 286 g/mol. The number of aliphatic hydroxyl groups is 1. The molecule has 2 unspecified atom stereocenters. The summed E-state index contributed by atoms with van der Waals surface area (Å²) in [5.41, 5.74) is 0. The molecule has 1 fully saturated rings. The second-order valence-electron chi connectivity index (χ2n) is 5.97. The third-order valence-corrected chi connectivity index (χ3v) is 3.93. The zero-order valence-electron chi connectivity index (χ0n) is 13.1. The lowest BCUT2D eigenvalue weighted by atomic mass is 9.85. The normalized spacial score (nSPS) is 24.1. The molecule has 0 aromatic carbocycles. The summed E-state index contributed by atoms with van der Waals surface area (Å²) in [5.74, 6) is 1.08. The number of piperidine rings is 1. The Labute approximate surface area is 122 Å². The molecular weight excluding hydrogens is 256 g/mol. The van der Waals surface area contributed by atoms with Crippen LogP contribution in [0, 0.1) is 11.8 Å². The van der Waals surface area contributed by atoms with Crippen LogP contribution in [0.15, 0.2) is 0 Å². The number of aliphatic hydroxyl groups excluding tert-OH is 1. The number of esters is 1. The molecule has 1 saturated heterocycles. The molecule has 2 atom stereocenters. The van der Waals surface area contributed by atoms with Crippen molar-refractivity contribution in [2.24, 2.45) is 11.8 Å². The van der Waals surface area contributed by atoms with Gasteiger partial charge in [0.05, 0.1) is 13.2 Å². The van der Waals surface area contributed by atoms with Gasteiger partial charge >= 0.3 is 5.97 Å². The van der Waals surface area contributed by atoms with Crippen molar-refractivity contribution in [2.45, 2.75) is 39.7 Å². The molecule has 0 saturated carbocycles. The van der Waals surface area contributed by atoms with E-state index in [1.165, 1.54) is 0 Å². The fraction of sp³-hybridized carbons (Fsp3) is 0.933. The standard InChI is InChI=1S/C15H30N2O3/c1-4-20-15(19)11-17-9-13(12(2)3)8-14(10-17)16-6-5-7-18/h12-14,16,18H,4-11H2,1-3H3. The van der Waals surface area contributed by atoms with E-state index in [1.54, 1.807) is 0 Å². The SMILES string of the molecule is CCOC(=O)CN1CC(NCCCO)CC(C(C)C)C1. The fourth-order valence-electron chi connectivity index (χ4n) is 2.77. The lowest BCUT2D eigenvalue weighted by Gasteiger charge is -2.39. The number of carbonyl (C=O) groups is 1. The first-order valence-electron chi connectivity index (χ1n) is 7.79. The summed E-state index contributed by atoms with van der Waals surface area (Å²) in [6.07, 6.45) is 1.92. The van der Waals surface area contributed by atoms with E-state index >= 15 is 0 Å². The van der Waals surface area contributed by atoms with Gasteiger partial charge < -0.3 is 15.2 Å². The molecule has 0 aromatic rings. The van der Waals surface area contributed by atoms with Gasteiger partial charge in [-0.2, -0.15) is 0 Å². The molecule has 1 heterocycles. The zero-order chi connectivity index (χ0) is 15.0. The highest BCUT2D eigenvalue weighted by molar-refractivity contribution is 5.71. The fourth-order valence-corrected chi connectivity index (χ4v) is 2.77. The Morgan fingerprint density at radius 3 is 2.80 bits per heavy atom. The predicted octanol–water partition coefficient (Wildman–Crippen LogP) is 0.868. The number of nitrogens with zero attached hydrogens (tertiary/aromatic N) is 1. The van der Waals surface area contributed by atoms with Gasteiger partial charge in [-0.1, -0.05) is 13.8 Å². The summed E-state index contributed by atoms with van der Waals surface area (Å²) >= 11 is 0. The van der Waals surface area contributed by atoms with Gasteiger partial charge in [0.15, 0.2) is 0 Å². The average Bonchev–Trinajstić information content (AvgIpc) is 2.39. The van der Waals surface area contributed by atoms with Gasteiger partial charge in [0.1, 0.15) is 0 Å². The van der Waals surface area contributed by atoms with E-state index in [0.717, 1.165) is 32.5 Å². The number of hydrogen-bond donors (Lipinski definition) is 2. The Balaban J connectivity index is 2.49. The second-order valence-corrected chi connectivity index (χ2v) is 5.97. The highest BCUT2D eigenvalue weighted by Gasteiger charge is 2.29. The first kappa shape index (κ1) is 17.4. The van der Waals surface area contributed by atoms with E-state index in [-0.39, 0.29) is 12.6 Å². The predicted molar refractivity (Wildman–Crippen MR) is 79.5 cm³/mol. The Morgan fingerprint density at radius 1 is 1.45 bits per heavy atom. The molecule has 118 valence electrons. The molecule has 1 aliphatic heterocycles. The summed E-state index contributed by atoms with van der Waals surface area (Å²) in [5, 5.41) is 12.3. The lowest BCUT2D eigenvalue weighted by Crippen LogP contribution is -2.51. The van der Waals surface area contributed by atoms with E-state index in [4.69, 9.17) is 9.84 Å². The van der Waals surface area contributed by atoms with E-state index in [1.807, 2.05) is 6.92 Å². The van der Waals surface area contributed by atoms with E-state index in [2.05, 4.69) is 24.1 Å². The molecular formula is C15H30N2O3. The number of rotatable bonds is 8. The number of ether oxygens (including phenoxy) is 1. The van der Waals surface area contributed by atoms with Crippen molar-refractivity contribution >= 4 is 5.97 Å². The van der Waals surface area contributed by atoms with Gasteiger partial charge in [0.25, 0.3) is 0 Å². The van der Waals surface area contributed by atoms with Crippen LogP contribution in [0.2, 0.25) is 0 Å². The average molecular weight is 286 g/mol. The molecule has 0 spiro atoms. The molecule has 0 amide bonds. The summed E-state index contributed by atoms with van der Waals surface area (Å²) in [7, 11) is 0. The molecule has 0 radical (unpaired) electrons. The number of likely N-dealkylation sites (tertiary alicyclic amines) is 1. The maximum Gasteiger partial charge on any atom is 0.320 e. The molecule has 2 N–H and O–H groups in total. The minimum Gasteiger partial charge on any atom is -0.465 e. The third-order valence-electron chi connectivity index (χ3n) is 3.93. The zero-order valence-corrected chi connectivity index (χ0v) is 13.1. The van der Waals surface area contributed by atoms with Gasteiger partial charge in [-0.05, 0) is 38.1 Å². The van der Waals surface area contributed by atoms with Crippen LogP contribution in [-0.2, 0) is 9.53 Å². The minimum absolute atomic E-state index is 0.133. The van der Waals surface area contributed by atoms with Gasteiger partial charge in [0, 0.05) is 25.7 Å². The van der Waals surface area contributed by atoms with Gasteiger partial charge in [-0.15, -0.1) is 0 Å². The van der Waals surface area contributed by atoms with Gasteiger partial charge in [-0.3, -0.25) is 9.69 Å². The maximum atomic E-state index is 11.6. The number of hydrogen-bond acceptors (Lipinski definition) is 5. The van der Waals surface area contributed by atoms with Gasteiger partial charge in [-0.25, -0.2) is 0 Å². The minimum atomic E-state index is -0.133. The van der Waals surface area contributed by atoms with Crippen molar-refractivity contribution in [1.82, 2.24) is 10.2 Å². The molecule has 0 aliphatic carbocycles. The quantitative estimate of drug-likeness (QED) is 0.512. The van der Waals surface area contributed by atoms with Crippen LogP contribution in [0.3, 0.4) is 0 Å². The molecule has 5 heteroatoms. The molecule has 1 aliphatic rings. The van der Waals surface area contributed by atoms with Crippen LogP contribution in [-0.4, -0.2) is 61.4 Å². The molecule has 1 rings (SSSR count). The molecule has 5 nitrogen and oxygen atoms in total. The van der Waals surface area contributed by atoms with Crippen molar-refractivity contribution in [3.05, 3.63) is 0 Å². The molecule has 20 heavy (non-hydrogen) atoms. The van der Waals surface area contributed by atoms with Crippen LogP contribution in [0.1, 0.15) is 33.6 Å². The summed E-state index contributed by atoms with van der Waals surface area (Å²) < 4.78 is 5.04. The Bertz CT molecular complexity index is 284. The first-order chi connectivity index (χ1) is 9.56. The lowest BCUT2D eigenvalue weighted by molar-refractivity contribution is -0.145. The Kier molecular flexibility index (Phi) is 8.11. The Hall–Kier alpha value is -0.650. The van der Waals surface area contributed by atoms with Gasteiger partial charge in [0.2, 0.25) is 0 Å². The van der Waals surface area contributed by atoms with Crippen LogP contribution in [0.25, 0.3) is 0 Å². The topological polar surface area (TPSA) is 61.8 Å². The van der Waals surface area contributed by atoms with E-state index < -0.39 is 0 Å². The van der Waals surface area contributed by atoms with Crippen molar-refractivity contribution in [1.29, 1.82) is 0 Å². The van der Waals surface area contributed by atoms with Crippen LogP contribution < -0.4 is 5.32 Å². The smallest absolute Gasteiger partial charge is 0.320 e. The largest absolute Gasteiger partial charge is 0.465 e.